The topological polar surface area (TPSA) is 37.4 Å². The summed E-state index contributed by atoms with van der Waals surface area (Å²) in [5.74, 6) is 0. The molecule has 0 aromatic carbocycles. The lowest BCUT2D eigenvalue weighted by Gasteiger charge is -2.17. The number of unbranched alkanes of at least 4 members (excludes halogenated alkanes) is 3. The average Bonchev–Trinajstić information content (AvgIpc) is 2.12. The third-order valence-electron chi connectivity index (χ3n) is 2.30. The SMILES string of the molecule is [2H]C(C)(CCCCCC)S(=O)(=O)N(C)C. The molecule has 0 aromatic heterocycles. The van der Waals surface area contributed by atoms with E-state index in [9.17, 15) is 8.42 Å². The highest BCUT2D eigenvalue weighted by atomic mass is 32.2. The van der Waals surface area contributed by atoms with E-state index in [2.05, 4.69) is 6.92 Å². The van der Waals surface area contributed by atoms with Gasteiger partial charge in [0.1, 0.15) is 0 Å². The third-order valence-corrected chi connectivity index (χ3v) is 4.35. The molecular weight excluding hydrogens is 198 g/mol. The van der Waals surface area contributed by atoms with Gasteiger partial charge in [-0.2, -0.15) is 0 Å². The molecule has 1 atom stereocenters. The summed E-state index contributed by atoms with van der Waals surface area (Å²) in [5.41, 5.74) is 0. The van der Waals surface area contributed by atoms with Gasteiger partial charge < -0.3 is 0 Å². The van der Waals surface area contributed by atoms with Crippen LogP contribution in [-0.4, -0.2) is 32.0 Å². The molecule has 86 valence electrons. The Bertz CT molecular complexity index is 273. The van der Waals surface area contributed by atoms with E-state index in [1.165, 1.54) is 21.0 Å². The highest BCUT2D eigenvalue weighted by molar-refractivity contribution is 7.89. The number of hydrogen-bond donors (Lipinski definition) is 0. The van der Waals surface area contributed by atoms with Crippen LogP contribution in [0.1, 0.15) is 47.3 Å². The number of sulfonamides is 1. The van der Waals surface area contributed by atoms with E-state index >= 15 is 0 Å². The zero-order chi connectivity index (χ0) is 12.1. The molecule has 4 heteroatoms. The molecule has 0 saturated heterocycles. The van der Waals surface area contributed by atoms with Gasteiger partial charge in [0, 0.05) is 15.5 Å². The Morgan fingerprint density at radius 1 is 1.29 bits per heavy atom. The molecule has 3 nitrogen and oxygen atoms in total. The minimum Gasteiger partial charge on any atom is -0.212 e. The second kappa shape index (κ2) is 6.40. The number of hydrogen-bond acceptors (Lipinski definition) is 2. The van der Waals surface area contributed by atoms with Crippen LogP contribution in [0.3, 0.4) is 0 Å². The van der Waals surface area contributed by atoms with Crippen LogP contribution >= 0.6 is 0 Å². The monoisotopic (exact) mass is 222 g/mol. The predicted octanol–water partition coefficient (Wildman–Crippen LogP) is 2.24. The summed E-state index contributed by atoms with van der Waals surface area (Å²) in [6.07, 6.45) is 4.45. The van der Waals surface area contributed by atoms with Crippen molar-refractivity contribution in [3.8, 4) is 0 Å². The van der Waals surface area contributed by atoms with Crippen molar-refractivity contribution < 1.29 is 9.79 Å². The standard InChI is InChI=1S/C10H23NO2S/c1-5-6-7-8-9-10(2)14(12,13)11(3)4/h10H,5-9H2,1-4H3/i10D. The van der Waals surface area contributed by atoms with Gasteiger partial charge >= 0.3 is 0 Å². The molecule has 0 heterocycles. The quantitative estimate of drug-likeness (QED) is 0.619. The van der Waals surface area contributed by atoms with Crippen LogP contribution in [0.4, 0.5) is 0 Å². The molecule has 0 aliphatic rings. The van der Waals surface area contributed by atoms with Gasteiger partial charge in [-0.15, -0.1) is 0 Å². The molecule has 0 aromatic rings. The summed E-state index contributed by atoms with van der Waals surface area (Å²) in [6.45, 7) is 3.59. The molecule has 0 rings (SSSR count). The molecule has 0 bridgehead atoms. The van der Waals surface area contributed by atoms with Crippen LogP contribution < -0.4 is 0 Å². The Balaban J connectivity index is 4.30. The Kier molecular flexibility index (Phi) is 5.48. The van der Waals surface area contributed by atoms with Gasteiger partial charge in [0.2, 0.25) is 10.0 Å². The van der Waals surface area contributed by atoms with Gasteiger partial charge in [-0.3, -0.25) is 0 Å². The Morgan fingerprint density at radius 3 is 2.29 bits per heavy atom. The van der Waals surface area contributed by atoms with E-state index in [1.807, 2.05) is 0 Å². The second-order valence-electron chi connectivity index (χ2n) is 3.80. The first kappa shape index (κ1) is 12.0. The van der Waals surface area contributed by atoms with E-state index < -0.39 is 15.2 Å². The molecule has 0 saturated carbocycles. The van der Waals surface area contributed by atoms with Crippen molar-refractivity contribution in [2.45, 2.75) is 51.2 Å². The summed E-state index contributed by atoms with van der Waals surface area (Å²) in [7, 11) is -0.503. The third kappa shape index (κ3) is 4.42. The summed E-state index contributed by atoms with van der Waals surface area (Å²) < 4.78 is 32.5. The first-order chi connectivity index (χ1) is 6.75. The molecule has 1 unspecified atom stereocenters. The van der Waals surface area contributed by atoms with Crippen molar-refractivity contribution in [3.63, 3.8) is 0 Å². The van der Waals surface area contributed by atoms with E-state index in [4.69, 9.17) is 1.37 Å². The minimum atomic E-state index is -3.46. The summed E-state index contributed by atoms with van der Waals surface area (Å²) in [6, 6.07) is 0. The molecule has 0 aliphatic carbocycles. The van der Waals surface area contributed by atoms with Gasteiger partial charge in [0.15, 0.2) is 0 Å². The number of nitrogens with zero attached hydrogens (tertiary/aromatic N) is 1. The van der Waals surface area contributed by atoms with Crippen molar-refractivity contribution in [2.24, 2.45) is 0 Å². The maximum atomic E-state index is 11.8. The Morgan fingerprint density at radius 2 is 1.86 bits per heavy atom. The lowest BCUT2D eigenvalue weighted by Crippen LogP contribution is -2.31. The molecule has 0 fully saturated rings. The molecular formula is C10H23NO2S. The number of rotatable bonds is 7. The highest BCUT2D eigenvalue weighted by Gasteiger charge is 2.22. The van der Waals surface area contributed by atoms with Crippen molar-refractivity contribution in [1.29, 1.82) is 0 Å². The maximum Gasteiger partial charge on any atom is 0.216 e. The highest BCUT2D eigenvalue weighted by Crippen LogP contribution is 2.13. The predicted molar refractivity (Wildman–Crippen MR) is 60.8 cm³/mol. The van der Waals surface area contributed by atoms with E-state index in [0.29, 0.717) is 6.42 Å². The van der Waals surface area contributed by atoms with Gasteiger partial charge in [0.25, 0.3) is 0 Å². The average molecular weight is 222 g/mol. The van der Waals surface area contributed by atoms with Gasteiger partial charge in [-0.1, -0.05) is 32.6 Å². The van der Waals surface area contributed by atoms with E-state index in [-0.39, 0.29) is 0 Å². The largest absolute Gasteiger partial charge is 0.216 e. The lowest BCUT2D eigenvalue weighted by atomic mass is 10.1. The molecule has 0 aliphatic heterocycles. The molecule has 0 N–H and O–H groups in total. The van der Waals surface area contributed by atoms with E-state index in [0.717, 1.165) is 30.0 Å². The first-order valence-corrected chi connectivity index (χ1v) is 6.62. The van der Waals surface area contributed by atoms with Crippen LogP contribution in [0.5, 0.6) is 0 Å². The molecule has 0 amide bonds. The van der Waals surface area contributed by atoms with Gasteiger partial charge in [-0.25, -0.2) is 12.7 Å². The first-order valence-electron chi connectivity index (χ1n) is 5.68. The second-order valence-corrected chi connectivity index (χ2v) is 6.18. The summed E-state index contributed by atoms with van der Waals surface area (Å²) >= 11 is 0. The lowest BCUT2D eigenvalue weighted by molar-refractivity contribution is 0.497. The fraction of sp³-hybridized carbons (Fsp3) is 1.00. The van der Waals surface area contributed by atoms with Crippen LogP contribution in [0.2, 0.25) is 0 Å². The van der Waals surface area contributed by atoms with Crippen molar-refractivity contribution in [1.82, 2.24) is 4.31 Å². The Labute approximate surface area is 89.9 Å². The smallest absolute Gasteiger partial charge is 0.212 e. The van der Waals surface area contributed by atoms with Gasteiger partial charge in [0.05, 0.1) is 5.23 Å². The fourth-order valence-electron chi connectivity index (χ4n) is 1.24. The van der Waals surface area contributed by atoms with Gasteiger partial charge in [-0.05, 0) is 13.3 Å². The minimum absolute atomic E-state index is 0.410. The van der Waals surface area contributed by atoms with Crippen LogP contribution in [0.25, 0.3) is 0 Å². The van der Waals surface area contributed by atoms with Crippen LogP contribution in [0.15, 0.2) is 0 Å². The maximum absolute atomic E-state index is 11.8. The molecule has 14 heavy (non-hydrogen) atoms. The van der Waals surface area contributed by atoms with Crippen molar-refractivity contribution in [2.75, 3.05) is 14.1 Å². The van der Waals surface area contributed by atoms with Crippen molar-refractivity contribution in [3.05, 3.63) is 0 Å². The van der Waals surface area contributed by atoms with Crippen LogP contribution in [0, 0.1) is 0 Å². The molecule has 0 radical (unpaired) electrons. The summed E-state index contributed by atoms with van der Waals surface area (Å²) in [5, 5.41) is -1.38. The van der Waals surface area contributed by atoms with Crippen molar-refractivity contribution >= 4 is 10.0 Å². The normalized spacial score (nSPS) is 17.9. The zero-order valence-corrected chi connectivity index (χ0v) is 10.5. The Hall–Kier alpha value is -0.0900. The fourth-order valence-corrected chi connectivity index (χ4v) is 2.27. The molecule has 0 spiro atoms. The zero-order valence-electron chi connectivity index (χ0n) is 10.7. The summed E-state index contributed by atoms with van der Waals surface area (Å²) in [4.78, 5) is 0. The van der Waals surface area contributed by atoms with Crippen LogP contribution in [-0.2, 0) is 10.0 Å². The van der Waals surface area contributed by atoms with E-state index in [1.54, 1.807) is 0 Å².